The fourth-order valence-electron chi connectivity index (χ4n) is 4.42. The lowest BCUT2D eigenvalue weighted by molar-refractivity contribution is -0.115. The standard InChI is InChI=1S/C25H27N5O3S/c31-23-22(34-25(32)30-23)14-20-10-11-26-24(29-20)28-19-8-6-18(7-9-19)27-15-16-3-1-4-17(13-16)21-5-2-12-33-21/h1-5,10-14,18-19,24,27-29H,6-9,15H2,(H,30,31,32)/b22-14-/t18-,19+,24?. The fourth-order valence-corrected chi connectivity index (χ4v) is 5.09. The van der Waals surface area contributed by atoms with E-state index in [0.717, 1.165) is 61.0 Å². The highest BCUT2D eigenvalue weighted by Gasteiger charge is 2.27. The zero-order valence-electron chi connectivity index (χ0n) is 18.6. The van der Waals surface area contributed by atoms with Gasteiger partial charge in [-0.15, -0.1) is 0 Å². The molecular formula is C25H27N5O3S. The molecule has 3 aliphatic rings. The van der Waals surface area contributed by atoms with Gasteiger partial charge in [-0.1, -0.05) is 18.2 Å². The summed E-state index contributed by atoms with van der Waals surface area (Å²) in [5.74, 6) is 0.531. The molecule has 1 aromatic carbocycles. The summed E-state index contributed by atoms with van der Waals surface area (Å²) in [5.41, 5.74) is 3.10. The molecule has 9 heteroatoms. The number of benzene rings is 1. The third-order valence-electron chi connectivity index (χ3n) is 6.17. The van der Waals surface area contributed by atoms with Crippen LogP contribution in [0.25, 0.3) is 11.3 Å². The zero-order chi connectivity index (χ0) is 23.3. The van der Waals surface area contributed by atoms with Gasteiger partial charge in [-0.25, -0.2) is 0 Å². The van der Waals surface area contributed by atoms with E-state index in [1.807, 2.05) is 12.1 Å². The molecule has 1 aliphatic carbocycles. The van der Waals surface area contributed by atoms with Gasteiger partial charge in [0.25, 0.3) is 11.1 Å². The van der Waals surface area contributed by atoms with Gasteiger partial charge < -0.3 is 15.1 Å². The molecule has 34 heavy (non-hydrogen) atoms. The molecule has 176 valence electrons. The summed E-state index contributed by atoms with van der Waals surface area (Å²) < 4.78 is 5.51. The van der Waals surface area contributed by atoms with Crippen LogP contribution in [0.15, 0.2) is 74.8 Å². The van der Waals surface area contributed by atoms with E-state index in [-0.39, 0.29) is 17.4 Å². The first kappa shape index (κ1) is 22.6. The van der Waals surface area contributed by atoms with E-state index in [4.69, 9.17) is 4.42 Å². The first-order chi connectivity index (χ1) is 16.6. The largest absolute Gasteiger partial charge is 0.464 e. The second-order valence-corrected chi connectivity index (χ2v) is 9.61. The smallest absolute Gasteiger partial charge is 0.290 e. The minimum atomic E-state index is -0.358. The normalized spacial score (nSPS) is 25.8. The van der Waals surface area contributed by atoms with Crippen molar-refractivity contribution in [1.82, 2.24) is 21.3 Å². The predicted octanol–water partition coefficient (Wildman–Crippen LogP) is 3.65. The Bertz CT molecular complexity index is 1130. The highest BCUT2D eigenvalue weighted by Crippen LogP contribution is 2.25. The molecule has 8 nitrogen and oxygen atoms in total. The number of amides is 2. The molecule has 2 aromatic rings. The van der Waals surface area contributed by atoms with Crippen molar-refractivity contribution < 1.29 is 14.0 Å². The SMILES string of the molecule is O=C1NC(=O)/C(=C/C2=CC=NC(N[C@H]3CC[C@@H](NCc4cccc(-c5ccco5)c4)CC3)N2)S1. The highest BCUT2D eigenvalue weighted by atomic mass is 32.2. The minimum absolute atomic E-state index is 0.249. The van der Waals surface area contributed by atoms with Gasteiger partial charge in [-0.3, -0.25) is 25.2 Å². The van der Waals surface area contributed by atoms with E-state index in [2.05, 4.69) is 50.5 Å². The third-order valence-corrected chi connectivity index (χ3v) is 6.98. The molecule has 2 amide bonds. The second-order valence-electron chi connectivity index (χ2n) is 8.59. The Balaban J connectivity index is 1.07. The van der Waals surface area contributed by atoms with Crippen molar-refractivity contribution in [2.75, 3.05) is 0 Å². The van der Waals surface area contributed by atoms with Crippen molar-refractivity contribution in [2.24, 2.45) is 4.99 Å². The second kappa shape index (κ2) is 10.4. The fraction of sp³-hybridized carbons (Fsp3) is 0.320. The van der Waals surface area contributed by atoms with Gasteiger partial charge in [-0.05, 0) is 73.4 Å². The number of thioether (sulfide) groups is 1. The molecule has 2 aliphatic heterocycles. The molecule has 1 unspecified atom stereocenters. The average Bonchev–Trinajstić information content (AvgIpc) is 3.49. The molecule has 5 rings (SSSR count). The molecule has 3 heterocycles. The van der Waals surface area contributed by atoms with Gasteiger partial charge in [0.15, 0.2) is 6.29 Å². The van der Waals surface area contributed by atoms with Crippen LogP contribution >= 0.6 is 11.8 Å². The lowest BCUT2D eigenvalue weighted by atomic mass is 9.91. The number of carbonyl (C=O) groups excluding carboxylic acids is 2. The first-order valence-electron chi connectivity index (χ1n) is 11.5. The van der Waals surface area contributed by atoms with E-state index in [1.54, 1.807) is 24.6 Å². The van der Waals surface area contributed by atoms with Crippen LogP contribution in [0.1, 0.15) is 31.2 Å². The first-order valence-corrected chi connectivity index (χ1v) is 12.3. The van der Waals surface area contributed by atoms with Gasteiger partial charge in [0, 0.05) is 36.1 Å². The third kappa shape index (κ3) is 5.67. The Morgan fingerprint density at radius 3 is 2.74 bits per heavy atom. The summed E-state index contributed by atoms with van der Waals surface area (Å²) in [6.07, 6.45) is 11.0. The van der Waals surface area contributed by atoms with Gasteiger partial charge in [0.2, 0.25) is 0 Å². The Morgan fingerprint density at radius 1 is 1.12 bits per heavy atom. The van der Waals surface area contributed by atoms with Gasteiger partial charge in [0.05, 0.1) is 11.2 Å². The van der Waals surface area contributed by atoms with Crippen molar-refractivity contribution in [2.45, 2.75) is 50.6 Å². The number of aliphatic imine (C=N–C) groups is 1. The van der Waals surface area contributed by atoms with E-state index < -0.39 is 0 Å². The van der Waals surface area contributed by atoms with Crippen molar-refractivity contribution in [1.29, 1.82) is 0 Å². The van der Waals surface area contributed by atoms with Crippen LogP contribution < -0.4 is 21.3 Å². The molecular weight excluding hydrogens is 450 g/mol. The van der Waals surface area contributed by atoms with E-state index >= 15 is 0 Å². The number of nitrogens with one attached hydrogen (secondary N) is 4. The Kier molecular flexibility index (Phi) is 6.94. The number of rotatable bonds is 7. The van der Waals surface area contributed by atoms with Crippen LogP contribution in [0.5, 0.6) is 0 Å². The predicted molar refractivity (Wildman–Crippen MR) is 133 cm³/mol. The van der Waals surface area contributed by atoms with Crippen LogP contribution in [0.2, 0.25) is 0 Å². The van der Waals surface area contributed by atoms with Crippen LogP contribution in [-0.2, 0) is 11.3 Å². The van der Waals surface area contributed by atoms with Gasteiger partial charge >= 0.3 is 0 Å². The molecule has 1 saturated heterocycles. The van der Waals surface area contributed by atoms with Gasteiger partial charge in [0.1, 0.15) is 5.76 Å². The summed E-state index contributed by atoms with van der Waals surface area (Å²) >= 11 is 0.912. The van der Waals surface area contributed by atoms with Crippen molar-refractivity contribution in [3.63, 3.8) is 0 Å². The molecule has 1 atom stereocenters. The van der Waals surface area contributed by atoms with Gasteiger partial charge in [-0.2, -0.15) is 0 Å². The van der Waals surface area contributed by atoms with E-state index in [1.165, 1.54) is 5.56 Å². The number of imide groups is 1. The van der Waals surface area contributed by atoms with Crippen LogP contribution in [0.4, 0.5) is 4.79 Å². The number of nitrogens with zero attached hydrogens (tertiary/aromatic N) is 1. The molecule has 1 saturated carbocycles. The minimum Gasteiger partial charge on any atom is -0.464 e. The highest BCUT2D eigenvalue weighted by molar-refractivity contribution is 8.18. The summed E-state index contributed by atoms with van der Waals surface area (Å²) in [6, 6.07) is 13.2. The molecule has 0 radical (unpaired) electrons. The summed E-state index contributed by atoms with van der Waals surface area (Å²) in [6.45, 7) is 0.836. The molecule has 1 aromatic heterocycles. The zero-order valence-corrected chi connectivity index (χ0v) is 19.4. The van der Waals surface area contributed by atoms with Crippen molar-refractivity contribution in [3.8, 4) is 11.3 Å². The van der Waals surface area contributed by atoms with Crippen LogP contribution in [-0.4, -0.2) is 35.7 Å². The molecule has 2 fully saturated rings. The average molecular weight is 478 g/mol. The van der Waals surface area contributed by atoms with E-state index in [0.29, 0.717) is 17.0 Å². The quantitative estimate of drug-likeness (QED) is 0.451. The Morgan fingerprint density at radius 2 is 1.97 bits per heavy atom. The molecule has 0 bridgehead atoms. The number of hydrogen-bond donors (Lipinski definition) is 4. The molecule has 4 N–H and O–H groups in total. The number of hydrogen-bond acceptors (Lipinski definition) is 8. The Hall–Kier alpha value is -3.14. The number of furan rings is 1. The molecule has 0 spiro atoms. The van der Waals surface area contributed by atoms with E-state index in [9.17, 15) is 9.59 Å². The summed E-state index contributed by atoms with van der Waals surface area (Å²) in [5, 5.41) is 12.5. The lowest BCUT2D eigenvalue weighted by Gasteiger charge is -2.32. The maximum atomic E-state index is 11.8. The number of allylic oxidation sites excluding steroid dienone is 2. The van der Waals surface area contributed by atoms with Crippen molar-refractivity contribution in [3.05, 3.63) is 71.0 Å². The Labute approximate surface area is 202 Å². The topological polar surface area (TPSA) is 108 Å². The van der Waals surface area contributed by atoms with Crippen LogP contribution in [0, 0.1) is 0 Å². The maximum Gasteiger partial charge on any atom is 0.290 e. The van der Waals surface area contributed by atoms with Crippen LogP contribution in [0.3, 0.4) is 0 Å². The summed E-state index contributed by atoms with van der Waals surface area (Å²) in [4.78, 5) is 28.0. The maximum absolute atomic E-state index is 11.8. The lowest BCUT2D eigenvalue weighted by Crippen LogP contribution is -2.49. The number of carbonyl (C=O) groups is 2. The monoisotopic (exact) mass is 477 g/mol. The summed E-state index contributed by atoms with van der Waals surface area (Å²) in [7, 11) is 0. The van der Waals surface area contributed by atoms with Crippen molar-refractivity contribution >= 4 is 29.1 Å².